The molecule has 3 aromatic rings. The SMILES string of the molecule is CCn1nc(-c2ccccc2)c(-c2ccccc2)c(C(=O)NC(C)C(=O)O)c1=O. The third-order valence-corrected chi connectivity index (χ3v) is 4.51. The number of nitrogens with one attached hydrogen (secondary N) is 1. The van der Waals surface area contributed by atoms with Crippen LogP contribution in [-0.4, -0.2) is 32.8 Å². The molecule has 0 bridgehead atoms. The third kappa shape index (κ3) is 4.08. The van der Waals surface area contributed by atoms with E-state index in [1.807, 2.05) is 36.4 Å². The van der Waals surface area contributed by atoms with Crippen LogP contribution in [0.15, 0.2) is 65.5 Å². The average Bonchev–Trinajstić information content (AvgIpc) is 2.74. The molecule has 1 atom stereocenters. The number of aliphatic carboxylic acids is 1. The summed E-state index contributed by atoms with van der Waals surface area (Å²) in [5, 5.41) is 16.1. The second kappa shape index (κ2) is 8.52. The van der Waals surface area contributed by atoms with E-state index in [9.17, 15) is 14.4 Å². The fourth-order valence-corrected chi connectivity index (χ4v) is 3.01. The molecule has 0 aliphatic heterocycles. The normalized spacial score (nSPS) is 11.7. The van der Waals surface area contributed by atoms with Crippen LogP contribution in [0.1, 0.15) is 24.2 Å². The Morgan fingerprint density at radius 2 is 1.59 bits per heavy atom. The Morgan fingerprint density at radius 3 is 2.10 bits per heavy atom. The molecular formula is C22H21N3O4. The van der Waals surface area contributed by atoms with Crippen LogP contribution in [0.25, 0.3) is 22.4 Å². The second-order valence-electron chi connectivity index (χ2n) is 6.48. The Hall–Kier alpha value is -3.74. The lowest BCUT2D eigenvalue weighted by Gasteiger charge is -2.17. The van der Waals surface area contributed by atoms with E-state index in [0.29, 0.717) is 16.8 Å². The molecule has 0 aliphatic rings. The molecule has 0 radical (unpaired) electrons. The summed E-state index contributed by atoms with van der Waals surface area (Å²) in [7, 11) is 0. The number of carbonyl (C=O) groups excluding carboxylic acids is 1. The Kier molecular flexibility index (Phi) is 5.87. The molecule has 148 valence electrons. The predicted molar refractivity (Wildman–Crippen MR) is 110 cm³/mol. The predicted octanol–water partition coefficient (Wildman–Crippen LogP) is 2.80. The molecule has 7 heteroatoms. The Morgan fingerprint density at radius 1 is 1.03 bits per heavy atom. The van der Waals surface area contributed by atoms with Gasteiger partial charge in [0.2, 0.25) is 0 Å². The van der Waals surface area contributed by atoms with Gasteiger partial charge in [0.25, 0.3) is 11.5 Å². The van der Waals surface area contributed by atoms with Crippen LogP contribution in [0.4, 0.5) is 0 Å². The zero-order valence-corrected chi connectivity index (χ0v) is 16.1. The number of carbonyl (C=O) groups is 2. The van der Waals surface area contributed by atoms with Gasteiger partial charge in [-0.25, -0.2) is 4.68 Å². The van der Waals surface area contributed by atoms with E-state index in [4.69, 9.17) is 5.11 Å². The molecule has 1 heterocycles. The van der Waals surface area contributed by atoms with Crippen molar-refractivity contribution in [3.8, 4) is 22.4 Å². The van der Waals surface area contributed by atoms with Crippen LogP contribution in [0, 0.1) is 0 Å². The molecule has 0 fully saturated rings. The Balaban J connectivity index is 2.34. The maximum absolute atomic E-state index is 13.1. The minimum atomic E-state index is -1.19. The molecule has 2 aromatic carbocycles. The molecular weight excluding hydrogens is 370 g/mol. The maximum Gasteiger partial charge on any atom is 0.325 e. The van der Waals surface area contributed by atoms with Crippen molar-refractivity contribution in [2.75, 3.05) is 0 Å². The summed E-state index contributed by atoms with van der Waals surface area (Å²) in [5.41, 5.74) is 1.55. The fourth-order valence-electron chi connectivity index (χ4n) is 3.01. The van der Waals surface area contributed by atoms with Crippen molar-refractivity contribution < 1.29 is 14.7 Å². The summed E-state index contributed by atoms with van der Waals surface area (Å²) in [6.07, 6.45) is 0. The minimum Gasteiger partial charge on any atom is -0.480 e. The molecule has 0 aliphatic carbocycles. The molecule has 2 N–H and O–H groups in total. The number of aryl methyl sites for hydroxylation is 1. The zero-order chi connectivity index (χ0) is 21.0. The van der Waals surface area contributed by atoms with Gasteiger partial charge >= 0.3 is 5.97 Å². The average molecular weight is 391 g/mol. The summed E-state index contributed by atoms with van der Waals surface area (Å²) in [6, 6.07) is 17.1. The maximum atomic E-state index is 13.1. The third-order valence-electron chi connectivity index (χ3n) is 4.51. The summed E-state index contributed by atoms with van der Waals surface area (Å²) >= 11 is 0. The number of rotatable bonds is 6. The van der Waals surface area contributed by atoms with Crippen LogP contribution >= 0.6 is 0 Å². The van der Waals surface area contributed by atoms with E-state index >= 15 is 0 Å². The van der Waals surface area contributed by atoms with Gasteiger partial charge in [-0.05, 0) is 19.4 Å². The molecule has 3 rings (SSSR count). The van der Waals surface area contributed by atoms with Gasteiger partial charge in [-0.15, -0.1) is 0 Å². The van der Waals surface area contributed by atoms with Gasteiger partial charge in [0.05, 0.1) is 5.69 Å². The van der Waals surface area contributed by atoms with E-state index in [1.165, 1.54) is 11.6 Å². The lowest BCUT2D eigenvalue weighted by molar-refractivity contribution is -0.138. The van der Waals surface area contributed by atoms with Gasteiger partial charge in [-0.2, -0.15) is 5.10 Å². The molecule has 0 spiro atoms. The summed E-state index contributed by atoms with van der Waals surface area (Å²) in [6.45, 7) is 3.37. The van der Waals surface area contributed by atoms with Crippen molar-refractivity contribution in [1.82, 2.24) is 15.1 Å². The van der Waals surface area contributed by atoms with Crippen molar-refractivity contribution in [3.63, 3.8) is 0 Å². The van der Waals surface area contributed by atoms with Gasteiger partial charge in [0.15, 0.2) is 0 Å². The van der Waals surface area contributed by atoms with Crippen molar-refractivity contribution in [2.24, 2.45) is 0 Å². The molecule has 0 saturated carbocycles. The molecule has 1 unspecified atom stereocenters. The first-order chi connectivity index (χ1) is 13.9. The summed E-state index contributed by atoms with van der Waals surface area (Å²) in [5.74, 6) is -1.93. The van der Waals surface area contributed by atoms with Gasteiger partial charge < -0.3 is 10.4 Å². The van der Waals surface area contributed by atoms with Gasteiger partial charge in [-0.3, -0.25) is 14.4 Å². The summed E-state index contributed by atoms with van der Waals surface area (Å²) in [4.78, 5) is 37.3. The van der Waals surface area contributed by atoms with Gasteiger partial charge in [0.1, 0.15) is 11.6 Å². The number of nitrogens with zero attached hydrogens (tertiary/aromatic N) is 2. The highest BCUT2D eigenvalue weighted by molar-refractivity contribution is 6.04. The number of benzene rings is 2. The van der Waals surface area contributed by atoms with Crippen LogP contribution in [-0.2, 0) is 11.3 Å². The Labute approximate surface area is 167 Å². The Bertz CT molecular complexity index is 1090. The smallest absolute Gasteiger partial charge is 0.325 e. The highest BCUT2D eigenvalue weighted by Gasteiger charge is 2.26. The number of carboxylic acid groups (broad SMARTS) is 1. The van der Waals surface area contributed by atoms with E-state index in [1.54, 1.807) is 31.2 Å². The molecule has 7 nitrogen and oxygen atoms in total. The lowest BCUT2D eigenvalue weighted by atomic mass is 9.95. The van der Waals surface area contributed by atoms with Crippen molar-refractivity contribution >= 4 is 11.9 Å². The van der Waals surface area contributed by atoms with Crippen LogP contribution in [0.3, 0.4) is 0 Å². The van der Waals surface area contributed by atoms with E-state index in [-0.39, 0.29) is 12.1 Å². The van der Waals surface area contributed by atoms with Crippen LogP contribution < -0.4 is 10.9 Å². The minimum absolute atomic E-state index is 0.125. The highest BCUT2D eigenvalue weighted by Crippen LogP contribution is 2.32. The number of carboxylic acids is 1. The first-order valence-electron chi connectivity index (χ1n) is 9.23. The van der Waals surface area contributed by atoms with E-state index in [0.717, 1.165) is 5.56 Å². The lowest BCUT2D eigenvalue weighted by Crippen LogP contribution is -2.42. The number of aromatic nitrogens is 2. The molecule has 1 amide bonds. The number of amides is 1. The largest absolute Gasteiger partial charge is 0.480 e. The van der Waals surface area contributed by atoms with Gasteiger partial charge in [0, 0.05) is 17.7 Å². The van der Waals surface area contributed by atoms with E-state index < -0.39 is 23.5 Å². The highest BCUT2D eigenvalue weighted by atomic mass is 16.4. The second-order valence-corrected chi connectivity index (χ2v) is 6.48. The molecule has 0 saturated heterocycles. The number of hydrogen-bond acceptors (Lipinski definition) is 4. The molecule has 1 aromatic heterocycles. The monoisotopic (exact) mass is 391 g/mol. The summed E-state index contributed by atoms with van der Waals surface area (Å²) < 4.78 is 1.22. The van der Waals surface area contributed by atoms with Crippen molar-refractivity contribution in [2.45, 2.75) is 26.4 Å². The quantitative estimate of drug-likeness (QED) is 0.673. The number of hydrogen-bond donors (Lipinski definition) is 2. The van der Waals surface area contributed by atoms with Gasteiger partial charge in [-0.1, -0.05) is 60.7 Å². The van der Waals surface area contributed by atoms with Crippen molar-refractivity contribution in [3.05, 3.63) is 76.6 Å². The van der Waals surface area contributed by atoms with Crippen LogP contribution in [0.2, 0.25) is 0 Å². The van der Waals surface area contributed by atoms with E-state index in [2.05, 4.69) is 10.4 Å². The zero-order valence-electron chi connectivity index (χ0n) is 16.1. The fraction of sp³-hybridized carbons (Fsp3) is 0.182. The van der Waals surface area contributed by atoms with Crippen LogP contribution in [0.5, 0.6) is 0 Å². The van der Waals surface area contributed by atoms with Crippen molar-refractivity contribution in [1.29, 1.82) is 0 Å². The topological polar surface area (TPSA) is 101 Å². The molecule has 29 heavy (non-hydrogen) atoms. The standard InChI is InChI=1S/C22H21N3O4/c1-3-25-21(27)18(20(26)23-14(2)22(28)29)17(15-10-6-4-7-11-15)19(24-25)16-12-8-5-9-13-16/h4-14H,3H2,1-2H3,(H,23,26)(H,28,29). The first-order valence-corrected chi connectivity index (χ1v) is 9.23. The first kappa shape index (κ1) is 20.0.